The van der Waals surface area contributed by atoms with E-state index in [0.717, 1.165) is 0 Å². The first-order chi connectivity index (χ1) is 6.83. The van der Waals surface area contributed by atoms with Crippen LogP contribution in [0.1, 0.15) is 5.56 Å². The predicted octanol–water partition coefficient (Wildman–Crippen LogP) is 1.16. The Bertz CT molecular complexity index is 366. The second kappa shape index (κ2) is 3.89. The molecule has 1 aromatic heterocycles. The van der Waals surface area contributed by atoms with E-state index < -0.39 is 23.9 Å². The monoisotopic (exact) mass is 225 g/mol. The lowest BCUT2D eigenvalue weighted by Gasteiger charge is -2.13. The van der Waals surface area contributed by atoms with Gasteiger partial charge < -0.3 is 16.2 Å². The maximum atomic E-state index is 12.6. The van der Waals surface area contributed by atoms with Gasteiger partial charge in [-0.05, 0) is 0 Å². The van der Waals surface area contributed by atoms with Crippen LogP contribution in [-0.2, 0) is 6.54 Å². The molecule has 0 fully saturated rings. The Kier molecular flexibility index (Phi) is 2.98. The number of nitrogen functional groups attached to an aromatic ring is 1. The normalized spacial score (nSPS) is 11.5. The number of alkyl halides is 3. The minimum absolute atomic E-state index is 0.186. The molecule has 0 spiro atoms. The first kappa shape index (κ1) is 11.5. The van der Waals surface area contributed by atoms with E-state index in [1.54, 1.807) is 0 Å². The molecule has 0 aromatic carbocycles. The van der Waals surface area contributed by atoms with Crippen molar-refractivity contribution < 1.29 is 22.3 Å². The van der Waals surface area contributed by atoms with Crippen molar-refractivity contribution in [3.63, 3.8) is 0 Å². The largest absolute Gasteiger partial charge is 0.573 e. The lowest BCUT2D eigenvalue weighted by atomic mass is 10.2. The zero-order valence-electron chi connectivity index (χ0n) is 7.31. The van der Waals surface area contributed by atoms with Crippen molar-refractivity contribution in [2.24, 2.45) is 5.73 Å². The Labute approximate surface area is 81.8 Å². The second-order valence-corrected chi connectivity index (χ2v) is 2.56. The smallest absolute Gasteiger partial charge is 0.405 e. The molecule has 84 valence electrons. The van der Waals surface area contributed by atoms with Crippen LogP contribution >= 0.6 is 0 Å². The summed E-state index contributed by atoms with van der Waals surface area (Å²) in [6, 6.07) is 0.478. The summed E-state index contributed by atoms with van der Waals surface area (Å²) in [4.78, 5) is 3.12. The number of nitrogens with zero attached hydrogens (tertiary/aromatic N) is 1. The number of pyridine rings is 1. The Hall–Kier alpha value is -1.57. The van der Waals surface area contributed by atoms with Gasteiger partial charge in [0.15, 0.2) is 0 Å². The van der Waals surface area contributed by atoms with Crippen molar-refractivity contribution in [2.75, 3.05) is 5.73 Å². The highest BCUT2D eigenvalue weighted by Gasteiger charge is 2.32. The van der Waals surface area contributed by atoms with Gasteiger partial charge in [0.1, 0.15) is 11.6 Å². The van der Waals surface area contributed by atoms with Crippen LogP contribution in [0.15, 0.2) is 6.07 Å². The molecule has 0 bridgehead atoms. The molecule has 0 atom stereocenters. The molecular formula is C7H7F4N3O. The van der Waals surface area contributed by atoms with Gasteiger partial charge in [-0.25, -0.2) is 4.98 Å². The fourth-order valence-electron chi connectivity index (χ4n) is 0.957. The van der Waals surface area contributed by atoms with Crippen molar-refractivity contribution >= 4 is 5.82 Å². The minimum Gasteiger partial charge on any atom is -0.405 e. The van der Waals surface area contributed by atoms with E-state index >= 15 is 0 Å². The number of nitrogens with two attached hydrogens (primary N) is 2. The van der Waals surface area contributed by atoms with Gasteiger partial charge in [0.2, 0.25) is 5.95 Å². The molecule has 0 unspecified atom stereocenters. The minimum atomic E-state index is -4.93. The van der Waals surface area contributed by atoms with Gasteiger partial charge >= 0.3 is 6.36 Å². The Morgan fingerprint density at radius 3 is 2.47 bits per heavy atom. The number of halogens is 4. The molecule has 0 aliphatic rings. The van der Waals surface area contributed by atoms with Gasteiger partial charge in [-0.15, -0.1) is 13.2 Å². The summed E-state index contributed by atoms with van der Waals surface area (Å²) in [7, 11) is 0. The van der Waals surface area contributed by atoms with Crippen LogP contribution in [0.3, 0.4) is 0 Å². The van der Waals surface area contributed by atoms with Crippen molar-refractivity contribution in [3.8, 4) is 5.75 Å². The third kappa shape index (κ3) is 2.94. The van der Waals surface area contributed by atoms with Gasteiger partial charge in [-0.3, -0.25) is 0 Å². The molecular weight excluding hydrogens is 218 g/mol. The molecule has 0 saturated heterocycles. The molecule has 8 heteroatoms. The predicted molar refractivity (Wildman–Crippen MR) is 43.2 cm³/mol. The molecule has 4 N–H and O–H groups in total. The van der Waals surface area contributed by atoms with Crippen molar-refractivity contribution in [1.29, 1.82) is 0 Å². The van der Waals surface area contributed by atoms with E-state index in [0.29, 0.717) is 6.07 Å². The first-order valence-electron chi connectivity index (χ1n) is 3.74. The van der Waals surface area contributed by atoms with E-state index in [4.69, 9.17) is 11.5 Å². The summed E-state index contributed by atoms with van der Waals surface area (Å²) >= 11 is 0. The van der Waals surface area contributed by atoms with E-state index in [1.165, 1.54) is 0 Å². The molecule has 0 radical (unpaired) electrons. The number of rotatable bonds is 2. The molecule has 1 heterocycles. The lowest BCUT2D eigenvalue weighted by molar-refractivity contribution is -0.274. The molecule has 1 rings (SSSR count). The maximum absolute atomic E-state index is 12.6. The summed E-state index contributed by atoms with van der Waals surface area (Å²) in [5.74, 6) is -2.35. The van der Waals surface area contributed by atoms with E-state index in [2.05, 4.69) is 9.72 Å². The van der Waals surface area contributed by atoms with Crippen molar-refractivity contribution in [3.05, 3.63) is 17.6 Å². The average molecular weight is 225 g/mol. The lowest BCUT2D eigenvalue weighted by Crippen LogP contribution is -2.20. The van der Waals surface area contributed by atoms with Gasteiger partial charge in [-0.2, -0.15) is 4.39 Å². The van der Waals surface area contributed by atoms with E-state index in [-0.39, 0.29) is 12.1 Å². The first-order valence-corrected chi connectivity index (χ1v) is 3.74. The zero-order chi connectivity index (χ0) is 11.6. The summed E-state index contributed by atoms with van der Waals surface area (Å²) in [6.07, 6.45) is -4.93. The van der Waals surface area contributed by atoms with E-state index in [9.17, 15) is 17.6 Å². The molecule has 0 aliphatic carbocycles. The van der Waals surface area contributed by atoms with Crippen molar-refractivity contribution in [2.45, 2.75) is 12.9 Å². The molecule has 0 saturated carbocycles. The SMILES string of the molecule is NCc1c(OC(F)(F)F)cc(F)nc1N. The van der Waals surface area contributed by atoms with Crippen LogP contribution < -0.4 is 16.2 Å². The zero-order valence-corrected chi connectivity index (χ0v) is 7.31. The number of aromatic nitrogens is 1. The molecule has 4 nitrogen and oxygen atoms in total. The summed E-state index contributed by atoms with van der Waals surface area (Å²) in [6.45, 7) is -0.329. The Morgan fingerprint density at radius 2 is 2.00 bits per heavy atom. The highest BCUT2D eigenvalue weighted by atomic mass is 19.4. The number of hydrogen-bond acceptors (Lipinski definition) is 4. The van der Waals surface area contributed by atoms with Crippen LogP contribution in [0.4, 0.5) is 23.4 Å². The third-order valence-electron chi connectivity index (χ3n) is 1.51. The number of ether oxygens (including phenoxy) is 1. The van der Waals surface area contributed by atoms with Crippen LogP contribution in [0.5, 0.6) is 5.75 Å². The average Bonchev–Trinajstić information content (AvgIpc) is 1.99. The van der Waals surface area contributed by atoms with Crippen LogP contribution in [0.25, 0.3) is 0 Å². The summed E-state index contributed by atoms with van der Waals surface area (Å²) in [5, 5.41) is 0. The summed E-state index contributed by atoms with van der Waals surface area (Å²) in [5.41, 5.74) is 10.1. The Morgan fingerprint density at radius 1 is 1.40 bits per heavy atom. The fourth-order valence-corrected chi connectivity index (χ4v) is 0.957. The molecule has 15 heavy (non-hydrogen) atoms. The van der Waals surface area contributed by atoms with Crippen LogP contribution in [0, 0.1) is 5.95 Å². The number of anilines is 1. The standard InChI is InChI=1S/C7H7F4N3O/c8-5-1-4(15-7(9,10)11)3(2-12)6(13)14-5/h1H,2,12H2,(H2,13,14). The van der Waals surface area contributed by atoms with Gasteiger partial charge in [0.05, 0.1) is 5.56 Å². The Balaban J connectivity index is 3.15. The van der Waals surface area contributed by atoms with E-state index in [1.807, 2.05) is 0 Å². The third-order valence-corrected chi connectivity index (χ3v) is 1.51. The topological polar surface area (TPSA) is 74.2 Å². The molecule has 1 aromatic rings. The maximum Gasteiger partial charge on any atom is 0.573 e. The van der Waals surface area contributed by atoms with Gasteiger partial charge in [-0.1, -0.05) is 0 Å². The molecule has 0 aliphatic heterocycles. The van der Waals surface area contributed by atoms with Gasteiger partial charge in [0, 0.05) is 12.6 Å². The molecule has 0 amide bonds. The highest BCUT2D eigenvalue weighted by molar-refractivity contribution is 5.48. The number of hydrogen-bond donors (Lipinski definition) is 2. The van der Waals surface area contributed by atoms with Gasteiger partial charge in [0.25, 0.3) is 0 Å². The fraction of sp³-hybridized carbons (Fsp3) is 0.286. The highest BCUT2D eigenvalue weighted by Crippen LogP contribution is 2.29. The summed E-state index contributed by atoms with van der Waals surface area (Å²) < 4.78 is 51.8. The van der Waals surface area contributed by atoms with Crippen LogP contribution in [0.2, 0.25) is 0 Å². The second-order valence-electron chi connectivity index (χ2n) is 2.56. The quantitative estimate of drug-likeness (QED) is 0.585. The van der Waals surface area contributed by atoms with Crippen molar-refractivity contribution in [1.82, 2.24) is 4.98 Å². The van der Waals surface area contributed by atoms with Crippen LogP contribution in [-0.4, -0.2) is 11.3 Å².